The van der Waals surface area contributed by atoms with Crippen LogP contribution in [-0.4, -0.2) is 15.3 Å². The minimum atomic E-state index is -4.61. The van der Waals surface area contributed by atoms with E-state index >= 15 is 0 Å². The maximum absolute atomic E-state index is 13.3. The molecule has 0 fully saturated rings. The molecule has 0 spiro atoms. The standard InChI is InChI=1S/C27H19F3N4O3/c1-16-9-10-22(17(2)12-16)37-25-21(26(36)34-11-4-3-8-23(34)33-25)13-18(15-31)24(35)32-20-7-5-6-19(14-20)27(28,29)30/h3-14H,1-2H3,(H,32,35)/b18-13-. The molecule has 1 N–H and O–H groups in total. The summed E-state index contributed by atoms with van der Waals surface area (Å²) in [6.07, 6.45) is -2.13. The number of rotatable bonds is 5. The van der Waals surface area contributed by atoms with Crippen molar-refractivity contribution in [2.45, 2.75) is 20.0 Å². The monoisotopic (exact) mass is 504 g/mol. The summed E-state index contributed by atoms with van der Waals surface area (Å²) in [4.78, 5) is 30.5. The van der Waals surface area contributed by atoms with Gasteiger partial charge in [-0.1, -0.05) is 29.8 Å². The van der Waals surface area contributed by atoms with Gasteiger partial charge in [-0.3, -0.25) is 14.0 Å². The highest BCUT2D eigenvalue weighted by Crippen LogP contribution is 2.31. The van der Waals surface area contributed by atoms with Crippen molar-refractivity contribution in [3.05, 3.63) is 105 Å². The number of aryl methyl sites for hydroxylation is 2. The summed E-state index contributed by atoms with van der Waals surface area (Å²) in [7, 11) is 0. The first-order valence-electron chi connectivity index (χ1n) is 10.9. The van der Waals surface area contributed by atoms with Crippen LogP contribution in [0.15, 0.2) is 77.2 Å². The highest BCUT2D eigenvalue weighted by molar-refractivity contribution is 6.09. The number of benzene rings is 2. The molecule has 10 heteroatoms. The fourth-order valence-corrected chi connectivity index (χ4v) is 3.57. The second-order valence-corrected chi connectivity index (χ2v) is 8.14. The number of carbonyl (C=O) groups excluding carboxylic acids is 1. The van der Waals surface area contributed by atoms with Crippen molar-refractivity contribution in [2.24, 2.45) is 0 Å². The van der Waals surface area contributed by atoms with Crippen LogP contribution in [0.2, 0.25) is 0 Å². The number of nitriles is 1. The Morgan fingerprint density at radius 3 is 2.59 bits per heavy atom. The number of amides is 1. The zero-order valence-corrected chi connectivity index (χ0v) is 19.6. The number of aromatic nitrogens is 2. The number of fused-ring (bicyclic) bond motifs is 1. The van der Waals surface area contributed by atoms with Gasteiger partial charge >= 0.3 is 6.18 Å². The highest BCUT2D eigenvalue weighted by atomic mass is 19.4. The van der Waals surface area contributed by atoms with Crippen LogP contribution < -0.4 is 15.6 Å². The van der Waals surface area contributed by atoms with Gasteiger partial charge in [0.15, 0.2) is 0 Å². The zero-order valence-electron chi connectivity index (χ0n) is 19.6. The third-order valence-electron chi connectivity index (χ3n) is 5.37. The van der Waals surface area contributed by atoms with Gasteiger partial charge in [0.25, 0.3) is 11.5 Å². The van der Waals surface area contributed by atoms with E-state index in [9.17, 15) is 28.0 Å². The van der Waals surface area contributed by atoms with Crippen LogP contribution in [0.3, 0.4) is 0 Å². The second kappa shape index (κ2) is 9.99. The van der Waals surface area contributed by atoms with Crippen LogP contribution in [0.1, 0.15) is 22.3 Å². The van der Waals surface area contributed by atoms with Crippen LogP contribution in [0.4, 0.5) is 18.9 Å². The summed E-state index contributed by atoms with van der Waals surface area (Å²) in [5, 5.41) is 11.9. The summed E-state index contributed by atoms with van der Waals surface area (Å²) < 4.78 is 46.3. The first-order valence-corrected chi connectivity index (χ1v) is 10.9. The molecule has 0 saturated carbocycles. The van der Waals surface area contributed by atoms with Crippen molar-refractivity contribution in [1.82, 2.24) is 9.38 Å². The van der Waals surface area contributed by atoms with Gasteiger partial charge in [0, 0.05) is 11.9 Å². The Morgan fingerprint density at radius 2 is 1.89 bits per heavy atom. The van der Waals surface area contributed by atoms with E-state index < -0.39 is 28.8 Å². The number of pyridine rings is 1. The van der Waals surface area contributed by atoms with Crippen LogP contribution >= 0.6 is 0 Å². The van der Waals surface area contributed by atoms with Gasteiger partial charge in [-0.2, -0.15) is 23.4 Å². The molecule has 0 unspecified atom stereocenters. The topological polar surface area (TPSA) is 96.5 Å². The molecule has 2 heterocycles. The van der Waals surface area contributed by atoms with Gasteiger partial charge in [0.1, 0.15) is 28.6 Å². The fraction of sp³-hybridized carbons (Fsp3) is 0.111. The largest absolute Gasteiger partial charge is 0.438 e. The lowest BCUT2D eigenvalue weighted by Gasteiger charge is -2.12. The third kappa shape index (κ3) is 5.51. The first-order chi connectivity index (χ1) is 17.6. The van der Waals surface area contributed by atoms with E-state index in [0.29, 0.717) is 5.75 Å². The fourth-order valence-electron chi connectivity index (χ4n) is 3.57. The molecule has 0 saturated heterocycles. The van der Waals surface area contributed by atoms with Gasteiger partial charge in [0.05, 0.1) is 5.56 Å². The maximum Gasteiger partial charge on any atom is 0.416 e. The average molecular weight is 504 g/mol. The number of nitrogens with zero attached hydrogens (tertiary/aromatic N) is 3. The molecule has 4 aromatic rings. The van der Waals surface area contributed by atoms with Crippen LogP contribution in [0, 0.1) is 25.2 Å². The molecular weight excluding hydrogens is 485 g/mol. The normalized spacial score (nSPS) is 11.7. The number of hydrogen-bond acceptors (Lipinski definition) is 5. The number of nitrogens with one attached hydrogen (secondary N) is 1. The second-order valence-electron chi connectivity index (χ2n) is 8.14. The molecule has 4 rings (SSSR count). The maximum atomic E-state index is 13.3. The number of ether oxygens (including phenoxy) is 1. The van der Waals surface area contributed by atoms with Gasteiger partial charge in [-0.25, -0.2) is 0 Å². The third-order valence-corrected chi connectivity index (χ3v) is 5.37. The first kappa shape index (κ1) is 25.2. The van der Waals surface area contributed by atoms with Gasteiger partial charge in [-0.15, -0.1) is 0 Å². The SMILES string of the molecule is Cc1ccc(Oc2nc3ccccn3c(=O)c2/C=C(/C#N)C(=O)Nc2cccc(C(F)(F)F)c2)c(C)c1. The zero-order chi connectivity index (χ0) is 26.7. The van der Waals surface area contributed by atoms with E-state index in [2.05, 4.69) is 10.3 Å². The molecular formula is C27H19F3N4O3. The van der Waals surface area contributed by atoms with Crippen molar-refractivity contribution in [3.63, 3.8) is 0 Å². The van der Waals surface area contributed by atoms with E-state index in [1.165, 1.54) is 16.7 Å². The number of halogens is 3. The van der Waals surface area contributed by atoms with Gasteiger partial charge in [-0.05, 0) is 61.9 Å². The summed E-state index contributed by atoms with van der Waals surface area (Å²) >= 11 is 0. The lowest BCUT2D eigenvalue weighted by molar-refractivity contribution is -0.137. The molecule has 2 aromatic carbocycles. The Morgan fingerprint density at radius 1 is 1.11 bits per heavy atom. The van der Waals surface area contributed by atoms with E-state index in [0.717, 1.165) is 35.4 Å². The van der Waals surface area contributed by atoms with E-state index in [1.54, 1.807) is 30.3 Å². The quantitative estimate of drug-likeness (QED) is 0.279. The van der Waals surface area contributed by atoms with Crippen LogP contribution in [0.5, 0.6) is 11.6 Å². The molecule has 0 aliphatic heterocycles. The summed E-state index contributed by atoms with van der Waals surface area (Å²) in [6.45, 7) is 3.72. The number of anilines is 1. The Bertz CT molecular complexity index is 1650. The Labute approximate surface area is 209 Å². The molecule has 0 bridgehead atoms. The predicted molar refractivity (Wildman–Crippen MR) is 131 cm³/mol. The smallest absolute Gasteiger partial charge is 0.416 e. The number of alkyl halides is 3. The Balaban J connectivity index is 1.78. The molecule has 37 heavy (non-hydrogen) atoms. The molecule has 1 amide bonds. The van der Waals surface area contributed by atoms with Gasteiger partial charge in [0.2, 0.25) is 5.88 Å². The van der Waals surface area contributed by atoms with Crippen molar-refractivity contribution in [2.75, 3.05) is 5.32 Å². The van der Waals surface area contributed by atoms with E-state index in [4.69, 9.17) is 4.74 Å². The van der Waals surface area contributed by atoms with Crippen LogP contribution in [0.25, 0.3) is 11.7 Å². The Kier molecular flexibility index (Phi) is 6.80. The molecule has 0 radical (unpaired) electrons. The van der Waals surface area contributed by atoms with E-state index in [1.807, 2.05) is 26.0 Å². The lowest BCUT2D eigenvalue weighted by atomic mass is 10.1. The van der Waals surface area contributed by atoms with E-state index in [-0.39, 0.29) is 22.8 Å². The van der Waals surface area contributed by atoms with Gasteiger partial charge < -0.3 is 10.1 Å². The highest BCUT2D eigenvalue weighted by Gasteiger charge is 2.30. The average Bonchev–Trinajstić information content (AvgIpc) is 2.85. The van der Waals surface area contributed by atoms with Crippen molar-refractivity contribution in [1.29, 1.82) is 5.26 Å². The van der Waals surface area contributed by atoms with Crippen LogP contribution in [-0.2, 0) is 11.0 Å². The molecule has 0 aliphatic rings. The van der Waals surface area contributed by atoms with Crippen molar-refractivity contribution < 1.29 is 22.7 Å². The molecule has 0 atom stereocenters. The molecule has 7 nitrogen and oxygen atoms in total. The minimum Gasteiger partial charge on any atom is -0.438 e. The number of carbonyl (C=O) groups is 1. The van der Waals surface area contributed by atoms with Crippen molar-refractivity contribution >= 4 is 23.3 Å². The summed E-state index contributed by atoms with van der Waals surface area (Å²) in [6, 6.07) is 16.0. The number of hydrogen-bond donors (Lipinski definition) is 1. The Hall–Kier alpha value is -4.91. The van der Waals surface area contributed by atoms with Crippen molar-refractivity contribution in [3.8, 4) is 17.7 Å². The molecule has 2 aromatic heterocycles. The summed E-state index contributed by atoms with van der Waals surface area (Å²) in [5.41, 5.74) is -0.407. The lowest BCUT2D eigenvalue weighted by Crippen LogP contribution is -2.20. The summed E-state index contributed by atoms with van der Waals surface area (Å²) in [5.74, 6) is -0.723. The molecule has 0 aliphatic carbocycles. The minimum absolute atomic E-state index is 0.136. The molecule has 186 valence electrons. The predicted octanol–water partition coefficient (Wildman–Crippen LogP) is 5.67.